The van der Waals surface area contributed by atoms with Gasteiger partial charge in [0.15, 0.2) is 5.65 Å². The smallest absolute Gasteiger partial charge is 0.255 e. The first kappa shape index (κ1) is 17.9. The Morgan fingerprint density at radius 1 is 1.32 bits per heavy atom. The van der Waals surface area contributed by atoms with Crippen molar-refractivity contribution in [2.45, 2.75) is 52.1 Å². The van der Waals surface area contributed by atoms with Gasteiger partial charge in [-0.15, -0.1) is 0 Å². The van der Waals surface area contributed by atoms with Crippen LogP contribution in [0.4, 0.5) is 0 Å². The summed E-state index contributed by atoms with van der Waals surface area (Å²) in [6.07, 6.45) is 7.33. The van der Waals surface area contributed by atoms with Crippen LogP contribution in [0.2, 0.25) is 0 Å². The molecular weight excluding hydrogens is 316 g/mol. The summed E-state index contributed by atoms with van der Waals surface area (Å²) in [6.45, 7) is 5.36. The minimum atomic E-state index is 0.0125. The Hall–Kier alpha value is -1.95. The fourth-order valence-corrected chi connectivity index (χ4v) is 3.65. The topological polar surface area (TPSA) is 71.2 Å². The van der Waals surface area contributed by atoms with E-state index in [1.54, 1.807) is 12.4 Å². The maximum Gasteiger partial charge on any atom is 0.255 e. The predicted octanol–water partition coefficient (Wildman–Crippen LogP) is 2.71. The Morgan fingerprint density at radius 3 is 2.68 bits per heavy atom. The van der Waals surface area contributed by atoms with Crippen LogP contribution in [0.1, 0.15) is 49.9 Å². The van der Waals surface area contributed by atoms with Crippen LogP contribution in [0.15, 0.2) is 18.5 Å². The van der Waals surface area contributed by atoms with Crippen molar-refractivity contribution >= 4 is 16.9 Å². The van der Waals surface area contributed by atoms with E-state index in [9.17, 15) is 9.90 Å². The SMILES string of the molecule is CC(C)Cn1ncc2cc(C(=O)N(C)C3CCC(CO)CC3)cnc21. The van der Waals surface area contributed by atoms with E-state index >= 15 is 0 Å². The van der Waals surface area contributed by atoms with Crippen molar-refractivity contribution in [2.24, 2.45) is 11.8 Å². The zero-order valence-corrected chi connectivity index (χ0v) is 15.4. The minimum absolute atomic E-state index is 0.0125. The first-order chi connectivity index (χ1) is 12.0. The maximum absolute atomic E-state index is 12.8. The van der Waals surface area contributed by atoms with Gasteiger partial charge in [-0.05, 0) is 43.6 Å². The van der Waals surface area contributed by atoms with E-state index in [0.29, 0.717) is 17.4 Å². The van der Waals surface area contributed by atoms with Gasteiger partial charge in [-0.3, -0.25) is 4.79 Å². The summed E-state index contributed by atoms with van der Waals surface area (Å²) in [4.78, 5) is 19.2. The van der Waals surface area contributed by atoms with Crippen molar-refractivity contribution in [2.75, 3.05) is 13.7 Å². The standard InChI is InChI=1S/C19H28N4O2/c1-13(2)11-23-18-15(10-21-23)8-16(9-20-18)19(25)22(3)17-6-4-14(12-24)5-7-17/h8-10,13-14,17,24H,4-7,11-12H2,1-3H3. The zero-order valence-electron chi connectivity index (χ0n) is 15.4. The van der Waals surface area contributed by atoms with Gasteiger partial charge in [0, 0.05) is 37.8 Å². The van der Waals surface area contributed by atoms with Crippen molar-refractivity contribution in [3.63, 3.8) is 0 Å². The lowest BCUT2D eigenvalue weighted by molar-refractivity contribution is 0.0652. The molecule has 25 heavy (non-hydrogen) atoms. The van der Waals surface area contributed by atoms with Crippen LogP contribution < -0.4 is 0 Å². The van der Waals surface area contributed by atoms with Crippen LogP contribution in [0, 0.1) is 11.8 Å². The van der Waals surface area contributed by atoms with E-state index in [1.807, 2.05) is 22.7 Å². The molecule has 1 aliphatic rings. The van der Waals surface area contributed by atoms with Crippen LogP contribution in [0.3, 0.4) is 0 Å². The summed E-state index contributed by atoms with van der Waals surface area (Å²) in [6, 6.07) is 2.14. The molecule has 0 aliphatic heterocycles. The van der Waals surface area contributed by atoms with Crippen LogP contribution in [-0.2, 0) is 6.54 Å². The third kappa shape index (κ3) is 3.84. The average Bonchev–Trinajstić information content (AvgIpc) is 3.02. The van der Waals surface area contributed by atoms with E-state index in [0.717, 1.165) is 43.3 Å². The van der Waals surface area contributed by atoms with Gasteiger partial charge in [-0.25, -0.2) is 9.67 Å². The van der Waals surface area contributed by atoms with Crippen molar-refractivity contribution in [1.82, 2.24) is 19.7 Å². The molecule has 1 N–H and O–H groups in total. The average molecular weight is 344 g/mol. The summed E-state index contributed by atoms with van der Waals surface area (Å²) in [5.74, 6) is 0.898. The molecule has 0 atom stereocenters. The lowest BCUT2D eigenvalue weighted by atomic mass is 9.86. The first-order valence-electron chi connectivity index (χ1n) is 9.19. The quantitative estimate of drug-likeness (QED) is 0.905. The molecule has 1 fully saturated rings. The Bertz CT molecular complexity index is 732. The molecule has 0 bridgehead atoms. The van der Waals surface area contributed by atoms with Gasteiger partial charge in [0.2, 0.25) is 0 Å². The monoisotopic (exact) mass is 344 g/mol. The van der Waals surface area contributed by atoms with E-state index < -0.39 is 0 Å². The molecule has 3 rings (SSSR count). The minimum Gasteiger partial charge on any atom is -0.396 e. The molecule has 6 heteroatoms. The highest BCUT2D eigenvalue weighted by Crippen LogP contribution is 2.27. The number of aliphatic hydroxyl groups is 1. The molecular formula is C19H28N4O2. The highest BCUT2D eigenvalue weighted by molar-refractivity contribution is 5.96. The molecule has 2 heterocycles. The number of pyridine rings is 1. The maximum atomic E-state index is 12.8. The number of carbonyl (C=O) groups excluding carboxylic acids is 1. The fourth-order valence-electron chi connectivity index (χ4n) is 3.65. The van der Waals surface area contributed by atoms with E-state index in [1.165, 1.54) is 0 Å². The third-order valence-corrected chi connectivity index (χ3v) is 5.20. The molecule has 0 spiro atoms. The van der Waals surface area contributed by atoms with E-state index in [-0.39, 0.29) is 18.6 Å². The number of hydrogen-bond donors (Lipinski definition) is 1. The summed E-state index contributed by atoms with van der Waals surface area (Å²) in [5, 5.41) is 14.6. The fraction of sp³-hybridized carbons (Fsp3) is 0.632. The van der Waals surface area contributed by atoms with Gasteiger partial charge < -0.3 is 10.0 Å². The van der Waals surface area contributed by atoms with E-state index in [4.69, 9.17) is 0 Å². The van der Waals surface area contributed by atoms with Crippen LogP contribution in [0.25, 0.3) is 11.0 Å². The number of amides is 1. The van der Waals surface area contributed by atoms with E-state index in [2.05, 4.69) is 23.9 Å². The molecule has 136 valence electrons. The molecule has 2 aromatic heterocycles. The van der Waals surface area contributed by atoms with Crippen molar-refractivity contribution in [3.8, 4) is 0 Å². The second kappa shape index (κ2) is 7.52. The Balaban J connectivity index is 1.73. The van der Waals surface area contributed by atoms with Crippen molar-refractivity contribution in [3.05, 3.63) is 24.0 Å². The Morgan fingerprint density at radius 2 is 2.04 bits per heavy atom. The number of rotatable bonds is 5. The zero-order chi connectivity index (χ0) is 18.0. The molecule has 2 aromatic rings. The molecule has 1 amide bonds. The van der Waals surface area contributed by atoms with Crippen LogP contribution >= 0.6 is 0 Å². The number of fused-ring (bicyclic) bond motifs is 1. The number of hydrogen-bond acceptors (Lipinski definition) is 4. The van der Waals surface area contributed by atoms with Crippen LogP contribution in [0.5, 0.6) is 0 Å². The highest BCUT2D eigenvalue weighted by atomic mass is 16.3. The number of carbonyl (C=O) groups is 1. The summed E-state index contributed by atoms with van der Waals surface area (Å²) in [5.41, 5.74) is 1.44. The summed E-state index contributed by atoms with van der Waals surface area (Å²) in [7, 11) is 1.87. The normalized spacial score (nSPS) is 21.0. The molecule has 0 unspecified atom stereocenters. The van der Waals surface area contributed by atoms with Gasteiger partial charge >= 0.3 is 0 Å². The first-order valence-corrected chi connectivity index (χ1v) is 9.19. The van der Waals surface area contributed by atoms with Gasteiger partial charge in [-0.1, -0.05) is 13.8 Å². The molecule has 1 aliphatic carbocycles. The summed E-state index contributed by atoms with van der Waals surface area (Å²) < 4.78 is 1.90. The second-order valence-corrected chi connectivity index (χ2v) is 7.63. The van der Waals surface area contributed by atoms with Gasteiger partial charge in [0.1, 0.15) is 0 Å². The van der Waals surface area contributed by atoms with Crippen molar-refractivity contribution in [1.29, 1.82) is 0 Å². The molecule has 1 saturated carbocycles. The third-order valence-electron chi connectivity index (χ3n) is 5.20. The summed E-state index contributed by atoms with van der Waals surface area (Å²) >= 11 is 0. The molecule has 0 saturated heterocycles. The largest absolute Gasteiger partial charge is 0.396 e. The number of nitrogens with zero attached hydrogens (tertiary/aromatic N) is 4. The Kier molecular flexibility index (Phi) is 5.37. The molecule has 0 radical (unpaired) electrons. The molecule has 6 nitrogen and oxygen atoms in total. The highest BCUT2D eigenvalue weighted by Gasteiger charge is 2.27. The van der Waals surface area contributed by atoms with Gasteiger partial charge in [0.05, 0.1) is 11.8 Å². The lowest BCUT2D eigenvalue weighted by Gasteiger charge is -2.34. The number of aliphatic hydroxyl groups excluding tert-OH is 1. The van der Waals surface area contributed by atoms with Crippen LogP contribution in [-0.4, -0.2) is 50.4 Å². The molecule has 0 aromatic carbocycles. The second-order valence-electron chi connectivity index (χ2n) is 7.63. The number of aromatic nitrogens is 3. The van der Waals surface area contributed by atoms with Gasteiger partial charge in [-0.2, -0.15) is 5.10 Å². The van der Waals surface area contributed by atoms with Gasteiger partial charge in [0.25, 0.3) is 5.91 Å². The Labute approximate surface area is 148 Å². The lowest BCUT2D eigenvalue weighted by Crippen LogP contribution is -2.39. The predicted molar refractivity (Wildman–Crippen MR) is 97.3 cm³/mol. The van der Waals surface area contributed by atoms with Crippen molar-refractivity contribution < 1.29 is 9.90 Å².